The summed E-state index contributed by atoms with van der Waals surface area (Å²) in [5.74, 6) is -0.0165. The second kappa shape index (κ2) is 6.97. The van der Waals surface area contributed by atoms with Crippen molar-refractivity contribution >= 4 is 23.2 Å². The van der Waals surface area contributed by atoms with Crippen molar-refractivity contribution in [2.75, 3.05) is 6.54 Å². The molecule has 0 aromatic carbocycles. The van der Waals surface area contributed by atoms with Crippen molar-refractivity contribution in [3.63, 3.8) is 0 Å². The number of esters is 1. The van der Waals surface area contributed by atoms with E-state index in [0.29, 0.717) is 11.5 Å². The number of aliphatic hydroxyl groups is 1. The second-order valence-corrected chi connectivity index (χ2v) is 6.32. The van der Waals surface area contributed by atoms with Gasteiger partial charge in [-0.1, -0.05) is 0 Å². The molecule has 1 amide bonds. The fraction of sp³-hybridized carbons (Fsp3) is 0.375. The molecular weight excluding hydrogens is 318 g/mol. The Kier molecular flexibility index (Phi) is 5.23. The van der Waals surface area contributed by atoms with E-state index in [1.54, 1.807) is 23.5 Å². The first-order valence-corrected chi connectivity index (χ1v) is 8.02. The number of furan rings is 1. The number of amides is 1. The maximum absolute atomic E-state index is 12.0. The molecule has 2 heterocycles. The number of carbonyl (C=O) groups excluding carboxylic acids is 2. The highest BCUT2D eigenvalue weighted by Crippen LogP contribution is 2.26. The number of hydrogen-bond acceptors (Lipinski definition) is 6. The molecular formula is C16H19NO5S. The van der Waals surface area contributed by atoms with Gasteiger partial charge in [-0.25, -0.2) is 0 Å². The standard InChI is InChI=1S/C16H19NO5S/c1-10(18)22-16(2,3)15(20)17-8-12(19)14-5-4-13(21-14)11-6-7-23-9-11/h4-7,9,12,19H,8H2,1-3H3,(H,17,20). The van der Waals surface area contributed by atoms with E-state index < -0.39 is 23.6 Å². The summed E-state index contributed by atoms with van der Waals surface area (Å²) in [6.07, 6.45) is -0.987. The molecule has 2 rings (SSSR count). The molecule has 0 saturated carbocycles. The first-order chi connectivity index (χ1) is 10.8. The number of ether oxygens (including phenoxy) is 1. The quantitative estimate of drug-likeness (QED) is 0.791. The number of carbonyl (C=O) groups is 2. The van der Waals surface area contributed by atoms with Crippen molar-refractivity contribution in [3.05, 3.63) is 34.7 Å². The molecule has 1 unspecified atom stereocenters. The van der Waals surface area contributed by atoms with E-state index in [9.17, 15) is 14.7 Å². The minimum Gasteiger partial charge on any atom is -0.458 e. The zero-order valence-corrected chi connectivity index (χ0v) is 14.0. The van der Waals surface area contributed by atoms with Crippen LogP contribution >= 0.6 is 11.3 Å². The third kappa shape index (κ3) is 4.43. The molecule has 0 aliphatic carbocycles. The van der Waals surface area contributed by atoms with Gasteiger partial charge in [-0.05, 0) is 37.4 Å². The maximum atomic E-state index is 12.0. The topological polar surface area (TPSA) is 88.8 Å². The Balaban J connectivity index is 1.93. The largest absolute Gasteiger partial charge is 0.458 e. The molecule has 0 aliphatic rings. The Morgan fingerprint density at radius 3 is 2.74 bits per heavy atom. The molecule has 7 heteroatoms. The number of nitrogens with one attached hydrogen (secondary N) is 1. The lowest BCUT2D eigenvalue weighted by molar-refractivity contribution is -0.163. The molecule has 0 spiro atoms. The highest BCUT2D eigenvalue weighted by Gasteiger charge is 2.31. The van der Waals surface area contributed by atoms with Crippen molar-refractivity contribution in [2.24, 2.45) is 0 Å². The minimum absolute atomic E-state index is 0.0415. The third-order valence-corrected chi connectivity index (χ3v) is 3.85. The molecule has 2 aromatic heterocycles. The average molecular weight is 337 g/mol. The van der Waals surface area contributed by atoms with Crippen LogP contribution in [0.3, 0.4) is 0 Å². The Hall–Kier alpha value is -2.12. The van der Waals surface area contributed by atoms with E-state index in [4.69, 9.17) is 9.15 Å². The van der Waals surface area contributed by atoms with E-state index in [-0.39, 0.29) is 6.54 Å². The molecule has 0 fully saturated rings. The summed E-state index contributed by atoms with van der Waals surface area (Å²) < 4.78 is 10.5. The van der Waals surface area contributed by atoms with Crippen LogP contribution < -0.4 is 5.32 Å². The zero-order chi connectivity index (χ0) is 17.0. The summed E-state index contributed by atoms with van der Waals surface area (Å²) in [5.41, 5.74) is -0.357. The minimum atomic E-state index is -1.30. The molecule has 0 saturated heterocycles. The van der Waals surface area contributed by atoms with Gasteiger partial charge in [0.15, 0.2) is 5.60 Å². The van der Waals surface area contributed by atoms with Crippen molar-refractivity contribution in [2.45, 2.75) is 32.5 Å². The first kappa shape index (κ1) is 17.2. The third-order valence-electron chi connectivity index (χ3n) is 3.16. The van der Waals surface area contributed by atoms with Gasteiger partial charge in [0.1, 0.15) is 17.6 Å². The summed E-state index contributed by atoms with van der Waals surface area (Å²) in [4.78, 5) is 23.0. The highest BCUT2D eigenvalue weighted by atomic mass is 32.1. The average Bonchev–Trinajstić information content (AvgIpc) is 3.12. The van der Waals surface area contributed by atoms with Gasteiger partial charge in [0, 0.05) is 17.9 Å². The Bertz CT molecular complexity index is 674. The van der Waals surface area contributed by atoms with E-state index in [1.807, 2.05) is 16.8 Å². The lowest BCUT2D eigenvalue weighted by atomic mass is 10.1. The van der Waals surface area contributed by atoms with Crippen molar-refractivity contribution in [1.82, 2.24) is 5.32 Å². The normalized spacial score (nSPS) is 12.7. The Morgan fingerprint density at radius 2 is 2.13 bits per heavy atom. The predicted molar refractivity (Wildman–Crippen MR) is 85.8 cm³/mol. The van der Waals surface area contributed by atoms with E-state index >= 15 is 0 Å². The van der Waals surface area contributed by atoms with Crippen LogP contribution in [0.4, 0.5) is 0 Å². The van der Waals surface area contributed by atoms with Gasteiger partial charge in [-0.3, -0.25) is 9.59 Å². The van der Waals surface area contributed by atoms with Gasteiger partial charge in [0.2, 0.25) is 0 Å². The lowest BCUT2D eigenvalue weighted by Crippen LogP contribution is -2.46. The first-order valence-electron chi connectivity index (χ1n) is 7.08. The van der Waals surface area contributed by atoms with Crippen LogP contribution in [-0.4, -0.2) is 29.1 Å². The number of hydrogen-bond donors (Lipinski definition) is 2. The maximum Gasteiger partial charge on any atom is 0.303 e. The van der Waals surface area contributed by atoms with Crippen LogP contribution in [0.25, 0.3) is 11.3 Å². The van der Waals surface area contributed by atoms with Gasteiger partial charge in [0.05, 0.1) is 6.54 Å². The summed E-state index contributed by atoms with van der Waals surface area (Å²) in [6, 6.07) is 5.36. The van der Waals surface area contributed by atoms with Crippen LogP contribution in [0.15, 0.2) is 33.4 Å². The van der Waals surface area contributed by atoms with Crippen LogP contribution in [0, 0.1) is 0 Å². The summed E-state index contributed by atoms with van der Waals surface area (Å²) in [7, 11) is 0. The summed E-state index contributed by atoms with van der Waals surface area (Å²) in [5, 5.41) is 16.5. The SMILES string of the molecule is CC(=O)OC(C)(C)C(=O)NCC(O)c1ccc(-c2ccsc2)o1. The van der Waals surface area contributed by atoms with Gasteiger partial charge >= 0.3 is 5.97 Å². The molecule has 0 bridgehead atoms. The monoisotopic (exact) mass is 337 g/mol. The van der Waals surface area contributed by atoms with Gasteiger partial charge in [-0.2, -0.15) is 11.3 Å². The molecule has 23 heavy (non-hydrogen) atoms. The summed E-state index contributed by atoms with van der Waals surface area (Å²) >= 11 is 1.55. The predicted octanol–water partition coefficient (Wildman–Crippen LogP) is 2.50. The van der Waals surface area contributed by atoms with Crippen molar-refractivity contribution < 1.29 is 23.8 Å². The second-order valence-electron chi connectivity index (χ2n) is 5.54. The Morgan fingerprint density at radius 1 is 1.39 bits per heavy atom. The van der Waals surface area contributed by atoms with E-state index in [2.05, 4.69) is 5.32 Å². The molecule has 6 nitrogen and oxygen atoms in total. The fourth-order valence-corrected chi connectivity index (χ4v) is 2.65. The zero-order valence-electron chi connectivity index (χ0n) is 13.2. The number of rotatable bonds is 6. The fourth-order valence-electron chi connectivity index (χ4n) is 2.00. The smallest absolute Gasteiger partial charge is 0.303 e. The molecule has 0 radical (unpaired) electrons. The molecule has 2 N–H and O–H groups in total. The van der Waals surface area contributed by atoms with Crippen LogP contribution in [0.1, 0.15) is 32.6 Å². The summed E-state index contributed by atoms with van der Waals surface area (Å²) in [6.45, 7) is 4.16. The molecule has 1 atom stereocenters. The van der Waals surface area contributed by atoms with Crippen molar-refractivity contribution in [3.8, 4) is 11.3 Å². The van der Waals surface area contributed by atoms with Gasteiger partial charge < -0.3 is 19.6 Å². The van der Waals surface area contributed by atoms with E-state index in [1.165, 1.54) is 20.8 Å². The van der Waals surface area contributed by atoms with Gasteiger partial charge in [-0.15, -0.1) is 0 Å². The molecule has 124 valence electrons. The molecule has 2 aromatic rings. The van der Waals surface area contributed by atoms with Crippen LogP contribution in [0.2, 0.25) is 0 Å². The highest BCUT2D eigenvalue weighted by molar-refractivity contribution is 7.08. The van der Waals surface area contributed by atoms with Crippen molar-refractivity contribution in [1.29, 1.82) is 0 Å². The van der Waals surface area contributed by atoms with E-state index in [0.717, 1.165) is 5.56 Å². The van der Waals surface area contributed by atoms with Gasteiger partial charge in [0.25, 0.3) is 5.91 Å². The van der Waals surface area contributed by atoms with Crippen LogP contribution in [0.5, 0.6) is 0 Å². The molecule has 0 aliphatic heterocycles. The lowest BCUT2D eigenvalue weighted by Gasteiger charge is -2.23. The Labute approximate surface area is 138 Å². The number of aliphatic hydroxyl groups excluding tert-OH is 1. The number of thiophene rings is 1. The van der Waals surface area contributed by atoms with Crippen LogP contribution in [-0.2, 0) is 14.3 Å².